The van der Waals surface area contributed by atoms with Crippen LogP contribution >= 0.6 is 0 Å². The SMILES string of the molecule is O=C(O)c1cc(COC2CCOCC2)ccc1F. The molecule has 0 unspecified atom stereocenters. The van der Waals surface area contributed by atoms with Gasteiger partial charge in [0.2, 0.25) is 0 Å². The van der Waals surface area contributed by atoms with Crippen LogP contribution in [-0.2, 0) is 16.1 Å². The lowest BCUT2D eigenvalue weighted by Gasteiger charge is -2.22. The van der Waals surface area contributed by atoms with E-state index in [-0.39, 0.29) is 11.7 Å². The number of aromatic carboxylic acids is 1. The summed E-state index contributed by atoms with van der Waals surface area (Å²) >= 11 is 0. The van der Waals surface area contributed by atoms with Crippen molar-refractivity contribution in [2.75, 3.05) is 13.2 Å². The molecule has 0 saturated carbocycles. The fraction of sp³-hybridized carbons (Fsp3) is 0.462. The summed E-state index contributed by atoms with van der Waals surface area (Å²) in [4.78, 5) is 10.8. The lowest BCUT2D eigenvalue weighted by molar-refractivity contribution is -0.0390. The van der Waals surface area contributed by atoms with E-state index >= 15 is 0 Å². The van der Waals surface area contributed by atoms with E-state index in [2.05, 4.69) is 0 Å². The van der Waals surface area contributed by atoms with E-state index in [1.807, 2.05) is 0 Å². The predicted molar refractivity (Wildman–Crippen MR) is 62.0 cm³/mol. The summed E-state index contributed by atoms with van der Waals surface area (Å²) in [7, 11) is 0. The molecular formula is C13H15FO4. The zero-order chi connectivity index (χ0) is 13.0. The summed E-state index contributed by atoms with van der Waals surface area (Å²) in [5, 5.41) is 8.81. The molecule has 1 heterocycles. The first-order valence-electron chi connectivity index (χ1n) is 5.88. The third-order valence-corrected chi connectivity index (χ3v) is 2.92. The van der Waals surface area contributed by atoms with Crippen LogP contribution in [-0.4, -0.2) is 30.4 Å². The Balaban J connectivity index is 1.96. The molecule has 5 heteroatoms. The van der Waals surface area contributed by atoms with Crippen LogP contribution in [0.2, 0.25) is 0 Å². The molecule has 98 valence electrons. The zero-order valence-electron chi connectivity index (χ0n) is 9.89. The molecule has 1 N–H and O–H groups in total. The van der Waals surface area contributed by atoms with Crippen LogP contribution in [0.15, 0.2) is 18.2 Å². The van der Waals surface area contributed by atoms with Crippen LogP contribution in [0.5, 0.6) is 0 Å². The van der Waals surface area contributed by atoms with Gasteiger partial charge in [-0.1, -0.05) is 6.07 Å². The predicted octanol–water partition coefficient (Wildman–Crippen LogP) is 2.22. The molecule has 0 radical (unpaired) electrons. The fourth-order valence-corrected chi connectivity index (χ4v) is 1.88. The largest absolute Gasteiger partial charge is 0.478 e. The minimum Gasteiger partial charge on any atom is -0.478 e. The topological polar surface area (TPSA) is 55.8 Å². The summed E-state index contributed by atoms with van der Waals surface area (Å²) in [5.74, 6) is -1.99. The van der Waals surface area contributed by atoms with Gasteiger partial charge in [0, 0.05) is 13.2 Å². The lowest BCUT2D eigenvalue weighted by Crippen LogP contribution is -2.23. The lowest BCUT2D eigenvalue weighted by atomic mass is 10.1. The van der Waals surface area contributed by atoms with Crippen molar-refractivity contribution >= 4 is 5.97 Å². The van der Waals surface area contributed by atoms with E-state index in [1.54, 1.807) is 6.07 Å². The summed E-state index contributed by atoms with van der Waals surface area (Å²) in [6.45, 7) is 1.67. The third kappa shape index (κ3) is 3.27. The highest BCUT2D eigenvalue weighted by molar-refractivity contribution is 5.88. The van der Waals surface area contributed by atoms with Crippen LogP contribution in [0.3, 0.4) is 0 Å². The van der Waals surface area contributed by atoms with Crippen LogP contribution < -0.4 is 0 Å². The monoisotopic (exact) mass is 254 g/mol. The molecule has 1 aliphatic rings. The van der Waals surface area contributed by atoms with Crippen LogP contribution in [0.4, 0.5) is 4.39 Å². The smallest absolute Gasteiger partial charge is 0.338 e. The average molecular weight is 254 g/mol. The summed E-state index contributed by atoms with van der Waals surface area (Å²) in [6, 6.07) is 4.02. The van der Waals surface area contributed by atoms with Gasteiger partial charge in [-0.25, -0.2) is 9.18 Å². The Morgan fingerprint density at radius 1 is 1.44 bits per heavy atom. The summed E-state index contributed by atoms with van der Waals surface area (Å²) in [5.41, 5.74) is 0.350. The highest BCUT2D eigenvalue weighted by atomic mass is 19.1. The van der Waals surface area contributed by atoms with Crippen LogP contribution in [0.1, 0.15) is 28.8 Å². The fourth-order valence-electron chi connectivity index (χ4n) is 1.88. The van der Waals surface area contributed by atoms with Crippen LogP contribution in [0.25, 0.3) is 0 Å². The van der Waals surface area contributed by atoms with Gasteiger partial charge in [-0.2, -0.15) is 0 Å². The van der Waals surface area contributed by atoms with Crippen molar-refractivity contribution in [2.24, 2.45) is 0 Å². The first-order chi connectivity index (χ1) is 8.66. The second-order valence-corrected chi connectivity index (χ2v) is 4.24. The van der Waals surface area contributed by atoms with Crippen molar-refractivity contribution in [1.29, 1.82) is 0 Å². The second kappa shape index (κ2) is 5.93. The number of halogens is 1. The standard InChI is InChI=1S/C13H15FO4/c14-12-2-1-9(7-11(12)13(15)16)8-18-10-3-5-17-6-4-10/h1-2,7,10H,3-6,8H2,(H,15,16). The van der Waals surface area contributed by atoms with E-state index < -0.39 is 11.8 Å². The molecule has 4 nitrogen and oxygen atoms in total. The Bertz CT molecular complexity index is 427. The molecule has 0 spiro atoms. The molecule has 18 heavy (non-hydrogen) atoms. The van der Waals surface area contributed by atoms with E-state index in [1.165, 1.54) is 6.07 Å². The number of carboxylic acid groups (broad SMARTS) is 1. The first-order valence-corrected chi connectivity index (χ1v) is 5.88. The van der Waals surface area contributed by atoms with E-state index in [0.29, 0.717) is 25.4 Å². The molecule has 0 atom stereocenters. The zero-order valence-corrected chi connectivity index (χ0v) is 9.89. The maximum absolute atomic E-state index is 13.2. The Labute approximate surface area is 104 Å². The van der Waals surface area contributed by atoms with Gasteiger partial charge in [-0.3, -0.25) is 0 Å². The Morgan fingerprint density at radius 2 is 2.17 bits per heavy atom. The van der Waals surface area contributed by atoms with Gasteiger partial charge in [-0.05, 0) is 30.5 Å². The molecule has 0 bridgehead atoms. The van der Waals surface area contributed by atoms with Crippen LogP contribution in [0, 0.1) is 5.82 Å². The molecule has 1 fully saturated rings. The van der Waals surface area contributed by atoms with Crippen molar-refractivity contribution in [3.8, 4) is 0 Å². The average Bonchev–Trinajstić information content (AvgIpc) is 2.38. The molecule has 0 aliphatic carbocycles. The maximum Gasteiger partial charge on any atom is 0.338 e. The number of carbonyl (C=O) groups is 1. The van der Waals surface area contributed by atoms with E-state index in [4.69, 9.17) is 14.6 Å². The highest BCUT2D eigenvalue weighted by Gasteiger charge is 2.15. The number of hydrogen-bond acceptors (Lipinski definition) is 3. The number of ether oxygens (including phenoxy) is 2. The van der Waals surface area contributed by atoms with Gasteiger partial charge in [0.05, 0.1) is 18.3 Å². The van der Waals surface area contributed by atoms with Gasteiger partial charge in [0.15, 0.2) is 0 Å². The third-order valence-electron chi connectivity index (χ3n) is 2.92. The molecule has 2 rings (SSSR count). The Kier molecular flexibility index (Phi) is 4.28. The van der Waals surface area contributed by atoms with Crippen molar-refractivity contribution < 1.29 is 23.8 Å². The van der Waals surface area contributed by atoms with Gasteiger partial charge >= 0.3 is 5.97 Å². The molecular weight excluding hydrogens is 239 g/mol. The second-order valence-electron chi connectivity index (χ2n) is 4.24. The number of hydrogen-bond donors (Lipinski definition) is 1. The Hall–Kier alpha value is -1.46. The molecule has 1 saturated heterocycles. The molecule has 0 aromatic heterocycles. The van der Waals surface area contributed by atoms with Gasteiger partial charge < -0.3 is 14.6 Å². The molecule has 0 amide bonds. The normalized spacial score (nSPS) is 16.7. The number of carboxylic acids is 1. The maximum atomic E-state index is 13.2. The summed E-state index contributed by atoms with van der Waals surface area (Å²) in [6.07, 6.45) is 1.82. The molecule has 1 aromatic rings. The van der Waals surface area contributed by atoms with Crippen molar-refractivity contribution in [2.45, 2.75) is 25.6 Å². The summed E-state index contributed by atoms with van der Waals surface area (Å²) < 4.78 is 24.0. The van der Waals surface area contributed by atoms with Gasteiger partial charge in [-0.15, -0.1) is 0 Å². The van der Waals surface area contributed by atoms with E-state index in [9.17, 15) is 9.18 Å². The first kappa shape index (κ1) is 13.0. The van der Waals surface area contributed by atoms with Gasteiger partial charge in [0.25, 0.3) is 0 Å². The number of benzene rings is 1. The van der Waals surface area contributed by atoms with Crippen molar-refractivity contribution in [1.82, 2.24) is 0 Å². The molecule has 1 aliphatic heterocycles. The van der Waals surface area contributed by atoms with Gasteiger partial charge in [0.1, 0.15) is 5.82 Å². The minimum atomic E-state index is -1.26. The minimum absolute atomic E-state index is 0.136. The molecule has 1 aromatic carbocycles. The highest BCUT2D eigenvalue weighted by Crippen LogP contribution is 2.15. The van der Waals surface area contributed by atoms with E-state index in [0.717, 1.165) is 18.9 Å². The Morgan fingerprint density at radius 3 is 2.83 bits per heavy atom. The number of rotatable bonds is 4. The van der Waals surface area contributed by atoms with Crippen molar-refractivity contribution in [3.63, 3.8) is 0 Å². The quantitative estimate of drug-likeness (QED) is 0.895. The van der Waals surface area contributed by atoms with Crippen molar-refractivity contribution in [3.05, 3.63) is 35.1 Å².